The van der Waals surface area contributed by atoms with E-state index in [1.165, 1.54) is 0 Å². The summed E-state index contributed by atoms with van der Waals surface area (Å²) in [4.78, 5) is 0. The van der Waals surface area contributed by atoms with Gasteiger partial charge < -0.3 is 33.9 Å². The fourth-order valence-corrected chi connectivity index (χ4v) is 4.66. The van der Waals surface area contributed by atoms with Gasteiger partial charge in [-0.1, -0.05) is 12.1 Å². The smallest absolute Gasteiger partial charge is 0.131 e. The van der Waals surface area contributed by atoms with E-state index in [4.69, 9.17) is 23.7 Å². The summed E-state index contributed by atoms with van der Waals surface area (Å²) < 4.78 is 27.3. The van der Waals surface area contributed by atoms with E-state index in [-0.39, 0.29) is 0 Å². The highest BCUT2D eigenvalue weighted by molar-refractivity contribution is 5.61. The molecule has 0 fully saturated rings. The second kappa shape index (κ2) is 8.84. The number of hydrogen-bond donors (Lipinski definition) is 2. The molecule has 174 valence electrons. The van der Waals surface area contributed by atoms with Crippen LogP contribution in [-0.4, -0.2) is 45.8 Å². The van der Waals surface area contributed by atoms with Crippen LogP contribution in [0, 0.1) is 0 Å². The van der Waals surface area contributed by atoms with E-state index in [0.29, 0.717) is 51.0 Å². The number of aliphatic hydroxyl groups is 2. The van der Waals surface area contributed by atoms with Gasteiger partial charge in [-0.05, 0) is 47.0 Å². The van der Waals surface area contributed by atoms with Crippen molar-refractivity contribution >= 4 is 0 Å². The normalized spacial score (nSPS) is 21.3. The molecule has 1 aliphatic carbocycles. The van der Waals surface area contributed by atoms with Gasteiger partial charge in [0.2, 0.25) is 0 Å². The molecule has 0 aliphatic heterocycles. The molecular weight excluding hydrogens is 424 g/mol. The zero-order valence-electron chi connectivity index (χ0n) is 19.3. The zero-order valence-corrected chi connectivity index (χ0v) is 19.3. The Morgan fingerprint density at radius 1 is 0.667 bits per heavy atom. The lowest BCUT2D eigenvalue weighted by molar-refractivity contribution is -0.0807. The predicted molar refractivity (Wildman–Crippen MR) is 123 cm³/mol. The first-order valence-electron chi connectivity index (χ1n) is 10.4. The first-order valence-corrected chi connectivity index (χ1v) is 10.4. The van der Waals surface area contributed by atoms with Gasteiger partial charge in [-0.15, -0.1) is 0 Å². The molecule has 0 saturated heterocycles. The molecule has 33 heavy (non-hydrogen) atoms. The molecule has 0 saturated carbocycles. The van der Waals surface area contributed by atoms with Crippen molar-refractivity contribution in [3.8, 4) is 28.7 Å². The van der Waals surface area contributed by atoms with E-state index in [1.54, 1.807) is 78.0 Å². The van der Waals surface area contributed by atoms with Gasteiger partial charge in [0.05, 0.1) is 35.5 Å². The van der Waals surface area contributed by atoms with Gasteiger partial charge in [0.15, 0.2) is 0 Å². The molecule has 0 amide bonds. The number of methoxy groups -OCH3 is 5. The van der Waals surface area contributed by atoms with E-state index >= 15 is 0 Å². The van der Waals surface area contributed by atoms with Crippen molar-refractivity contribution in [3.05, 3.63) is 76.9 Å². The molecule has 7 heteroatoms. The van der Waals surface area contributed by atoms with Crippen molar-refractivity contribution in [2.75, 3.05) is 35.5 Å². The molecule has 1 aliphatic rings. The number of rotatable bonds is 7. The third-order valence-electron chi connectivity index (χ3n) is 6.30. The van der Waals surface area contributed by atoms with Gasteiger partial charge in [-0.25, -0.2) is 0 Å². The van der Waals surface area contributed by atoms with Crippen LogP contribution in [0.4, 0.5) is 0 Å². The fraction of sp³-hybridized carbons (Fsp3) is 0.308. The highest BCUT2D eigenvalue weighted by atomic mass is 16.5. The summed E-state index contributed by atoms with van der Waals surface area (Å²) >= 11 is 0. The largest absolute Gasteiger partial charge is 0.497 e. The fourth-order valence-electron chi connectivity index (χ4n) is 4.66. The molecule has 0 spiro atoms. The van der Waals surface area contributed by atoms with E-state index < -0.39 is 17.6 Å². The van der Waals surface area contributed by atoms with E-state index in [1.807, 2.05) is 12.1 Å². The van der Waals surface area contributed by atoms with Gasteiger partial charge in [0.25, 0.3) is 0 Å². The zero-order chi connectivity index (χ0) is 23.8. The number of hydrogen-bond acceptors (Lipinski definition) is 7. The third kappa shape index (κ3) is 3.63. The Labute approximate surface area is 193 Å². The Balaban J connectivity index is 2.03. The summed E-state index contributed by atoms with van der Waals surface area (Å²) in [5.41, 5.74) is 0.701. The lowest BCUT2D eigenvalue weighted by Crippen LogP contribution is -2.35. The Bertz CT molecular complexity index is 1120. The second-order valence-electron chi connectivity index (χ2n) is 7.87. The molecule has 3 aromatic carbocycles. The van der Waals surface area contributed by atoms with Crippen LogP contribution >= 0.6 is 0 Å². The van der Waals surface area contributed by atoms with Crippen LogP contribution in [0.2, 0.25) is 0 Å². The van der Waals surface area contributed by atoms with E-state index in [2.05, 4.69) is 0 Å². The number of fused-ring (bicyclic) bond motifs is 1. The molecule has 0 bridgehead atoms. The molecule has 0 radical (unpaired) electrons. The highest BCUT2D eigenvalue weighted by Gasteiger charge is 2.55. The Hall–Kier alpha value is -3.42. The molecular formula is C26H28O7. The van der Waals surface area contributed by atoms with Crippen molar-refractivity contribution in [1.29, 1.82) is 0 Å². The monoisotopic (exact) mass is 452 g/mol. The van der Waals surface area contributed by atoms with E-state index in [0.717, 1.165) is 0 Å². The van der Waals surface area contributed by atoms with Crippen LogP contribution in [0.1, 0.15) is 34.3 Å². The Morgan fingerprint density at radius 2 is 1.21 bits per heavy atom. The first-order chi connectivity index (χ1) is 15.9. The van der Waals surface area contributed by atoms with E-state index in [9.17, 15) is 10.2 Å². The topological polar surface area (TPSA) is 86.6 Å². The lowest BCUT2D eigenvalue weighted by Gasteiger charge is -2.34. The Kier molecular flexibility index (Phi) is 6.10. The van der Waals surface area contributed by atoms with Crippen LogP contribution in [0.5, 0.6) is 28.7 Å². The van der Waals surface area contributed by atoms with Gasteiger partial charge in [-0.3, -0.25) is 0 Å². The minimum absolute atomic E-state index is 0.500. The quantitative estimate of drug-likeness (QED) is 0.564. The molecule has 2 N–H and O–H groups in total. The van der Waals surface area contributed by atoms with Crippen molar-refractivity contribution in [1.82, 2.24) is 0 Å². The summed E-state index contributed by atoms with van der Waals surface area (Å²) in [7, 11) is 7.80. The van der Waals surface area contributed by atoms with Crippen LogP contribution in [0.25, 0.3) is 0 Å². The second-order valence-corrected chi connectivity index (χ2v) is 7.87. The predicted octanol–water partition coefficient (Wildman–Crippen LogP) is 3.80. The maximum atomic E-state index is 12.3. The third-order valence-corrected chi connectivity index (χ3v) is 6.30. The Morgan fingerprint density at radius 3 is 1.73 bits per heavy atom. The van der Waals surface area contributed by atoms with Gasteiger partial charge in [-0.2, -0.15) is 0 Å². The van der Waals surface area contributed by atoms with Crippen molar-refractivity contribution in [2.45, 2.75) is 17.6 Å². The average molecular weight is 453 g/mol. The summed E-state index contributed by atoms with van der Waals surface area (Å²) in [5, 5.41) is 23.8. The maximum Gasteiger partial charge on any atom is 0.131 e. The minimum Gasteiger partial charge on any atom is -0.497 e. The highest BCUT2D eigenvalue weighted by Crippen LogP contribution is 2.60. The van der Waals surface area contributed by atoms with Gasteiger partial charge >= 0.3 is 0 Å². The average Bonchev–Trinajstić information content (AvgIpc) is 3.10. The number of ether oxygens (including phenoxy) is 5. The summed E-state index contributed by atoms with van der Waals surface area (Å²) in [5.74, 6) is 2.10. The number of aliphatic hydroxyl groups excluding tert-OH is 1. The molecule has 0 aromatic heterocycles. The minimum atomic E-state index is -1.72. The standard InChI is InChI=1S/C26H28O7/c1-29-17-8-6-16(7-9-17)26(28)24(15-10-18(30-2)12-19(11-15)31-3)23-21(25(26)27)13-20(32-4)14-22(23)33-5/h6-14,24-25,27-28H,1-5H3/t24-,25-,26-/m1/s1. The van der Waals surface area contributed by atoms with Crippen molar-refractivity contribution in [2.24, 2.45) is 0 Å². The summed E-state index contributed by atoms with van der Waals surface area (Å²) in [6.45, 7) is 0. The molecule has 3 aromatic rings. The first kappa shape index (κ1) is 22.8. The summed E-state index contributed by atoms with van der Waals surface area (Å²) in [6, 6.07) is 15.9. The maximum absolute atomic E-state index is 12.3. The van der Waals surface area contributed by atoms with Gasteiger partial charge in [0.1, 0.15) is 40.5 Å². The summed E-state index contributed by atoms with van der Waals surface area (Å²) in [6.07, 6.45) is -1.26. The molecule has 7 nitrogen and oxygen atoms in total. The van der Waals surface area contributed by atoms with Crippen LogP contribution < -0.4 is 23.7 Å². The molecule has 0 heterocycles. The van der Waals surface area contributed by atoms with Crippen LogP contribution in [-0.2, 0) is 5.60 Å². The lowest BCUT2D eigenvalue weighted by atomic mass is 9.76. The number of benzene rings is 3. The molecule has 0 unspecified atom stereocenters. The van der Waals surface area contributed by atoms with Crippen molar-refractivity contribution in [3.63, 3.8) is 0 Å². The van der Waals surface area contributed by atoms with Crippen molar-refractivity contribution < 1.29 is 33.9 Å². The SMILES string of the molecule is COc1ccc([C@@]2(O)[C@H](c3cc(OC)cc(OC)c3)c3c(OC)cc(OC)cc3[C@H]2O)cc1. The molecule has 4 rings (SSSR count). The van der Waals surface area contributed by atoms with Gasteiger partial charge in [0, 0.05) is 23.6 Å². The van der Waals surface area contributed by atoms with Crippen LogP contribution in [0.3, 0.4) is 0 Å². The molecule has 3 atom stereocenters. The van der Waals surface area contributed by atoms with Crippen LogP contribution in [0.15, 0.2) is 54.6 Å².